The molecule has 0 aromatic carbocycles. The maximum Gasteiger partial charge on any atom is 0.226 e. The molecule has 3 heteroatoms. The normalized spacial score (nSPS) is 19.1. The summed E-state index contributed by atoms with van der Waals surface area (Å²) in [6, 6.07) is 0.516. The van der Waals surface area contributed by atoms with Crippen LogP contribution in [0.1, 0.15) is 39.5 Å². The minimum Gasteiger partial charge on any atom is -0.340 e. The first kappa shape index (κ1) is 12.5. The quantitative estimate of drug-likeness (QED) is 0.751. The van der Waals surface area contributed by atoms with Gasteiger partial charge in [-0.25, -0.2) is 0 Å². The van der Waals surface area contributed by atoms with E-state index in [2.05, 4.69) is 17.1 Å². The summed E-state index contributed by atoms with van der Waals surface area (Å²) >= 11 is 0. The van der Waals surface area contributed by atoms with Crippen molar-refractivity contribution in [2.45, 2.75) is 45.6 Å². The highest BCUT2D eigenvalue weighted by atomic mass is 16.2. The van der Waals surface area contributed by atoms with Crippen LogP contribution in [0.2, 0.25) is 0 Å². The van der Waals surface area contributed by atoms with Gasteiger partial charge in [0, 0.05) is 25.0 Å². The van der Waals surface area contributed by atoms with Crippen LogP contribution in [0.4, 0.5) is 0 Å². The Morgan fingerprint density at radius 2 is 2.07 bits per heavy atom. The summed E-state index contributed by atoms with van der Waals surface area (Å²) in [5, 5.41) is 3.07. The number of nitrogens with one attached hydrogen (secondary N) is 1. The molecule has 88 valence electrons. The van der Waals surface area contributed by atoms with E-state index in [0.29, 0.717) is 11.9 Å². The van der Waals surface area contributed by atoms with Gasteiger partial charge >= 0.3 is 0 Å². The van der Waals surface area contributed by atoms with Crippen molar-refractivity contribution in [3.8, 4) is 0 Å². The lowest BCUT2D eigenvalue weighted by molar-refractivity contribution is -0.136. The second-order valence-corrected chi connectivity index (χ2v) is 4.52. The van der Waals surface area contributed by atoms with Crippen LogP contribution in [-0.4, -0.2) is 37.0 Å². The molecule has 15 heavy (non-hydrogen) atoms. The molecule has 0 spiro atoms. The molecule has 1 rings (SSSR count). The van der Waals surface area contributed by atoms with E-state index >= 15 is 0 Å². The Morgan fingerprint density at radius 1 is 1.47 bits per heavy atom. The summed E-state index contributed by atoms with van der Waals surface area (Å²) in [7, 11) is 1.90. The Balaban J connectivity index is 2.52. The first-order chi connectivity index (χ1) is 7.20. The molecule has 0 bridgehead atoms. The fraction of sp³-hybridized carbons (Fsp3) is 0.917. The van der Waals surface area contributed by atoms with Crippen LogP contribution in [0.5, 0.6) is 0 Å². The van der Waals surface area contributed by atoms with E-state index in [9.17, 15) is 4.79 Å². The van der Waals surface area contributed by atoms with E-state index in [4.69, 9.17) is 0 Å². The fourth-order valence-electron chi connectivity index (χ4n) is 2.49. The van der Waals surface area contributed by atoms with Crippen molar-refractivity contribution in [1.29, 1.82) is 0 Å². The Bertz CT molecular complexity index is 200. The zero-order valence-electron chi connectivity index (χ0n) is 10.3. The van der Waals surface area contributed by atoms with E-state index in [1.54, 1.807) is 0 Å². The summed E-state index contributed by atoms with van der Waals surface area (Å²) in [6.07, 6.45) is 4.97. The molecule has 1 N–H and O–H groups in total. The van der Waals surface area contributed by atoms with Gasteiger partial charge in [-0.2, -0.15) is 0 Å². The van der Waals surface area contributed by atoms with E-state index in [1.807, 2.05) is 14.0 Å². The van der Waals surface area contributed by atoms with Gasteiger partial charge < -0.3 is 10.2 Å². The standard InChI is InChI=1S/C12H24N2O/c1-4-14(11-7-5-6-8-11)12(15)10(2)9-13-3/h10-11,13H,4-9H2,1-3H3. The molecular weight excluding hydrogens is 188 g/mol. The van der Waals surface area contributed by atoms with Gasteiger partial charge in [0.2, 0.25) is 5.91 Å². The van der Waals surface area contributed by atoms with Crippen molar-refractivity contribution < 1.29 is 4.79 Å². The Labute approximate surface area is 93.2 Å². The minimum absolute atomic E-state index is 0.107. The molecule has 1 aliphatic carbocycles. The largest absolute Gasteiger partial charge is 0.340 e. The number of carbonyl (C=O) groups is 1. The van der Waals surface area contributed by atoms with Gasteiger partial charge in [-0.15, -0.1) is 0 Å². The van der Waals surface area contributed by atoms with Crippen molar-refractivity contribution in [2.75, 3.05) is 20.1 Å². The molecule has 1 unspecified atom stereocenters. The van der Waals surface area contributed by atoms with Crippen molar-refractivity contribution in [3.63, 3.8) is 0 Å². The maximum absolute atomic E-state index is 12.1. The number of amides is 1. The summed E-state index contributed by atoms with van der Waals surface area (Å²) < 4.78 is 0. The van der Waals surface area contributed by atoms with Gasteiger partial charge in [0.1, 0.15) is 0 Å². The second-order valence-electron chi connectivity index (χ2n) is 4.52. The lowest BCUT2D eigenvalue weighted by Crippen LogP contribution is -2.43. The molecule has 1 atom stereocenters. The van der Waals surface area contributed by atoms with Gasteiger partial charge in [-0.1, -0.05) is 19.8 Å². The SMILES string of the molecule is CCN(C(=O)C(C)CNC)C1CCCC1. The lowest BCUT2D eigenvalue weighted by atomic mass is 10.1. The van der Waals surface area contributed by atoms with Crippen molar-refractivity contribution in [3.05, 3.63) is 0 Å². The van der Waals surface area contributed by atoms with Gasteiger partial charge in [0.15, 0.2) is 0 Å². The zero-order chi connectivity index (χ0) is 11.3. The average molecular weight is 212 g/mol. The van der Waals surface area contributed by atoms with Crippen LogP contribution >= 0.6 is 0 Å². The summed E-state index contributed by atoms with van der Waals surface area (Å²) in [6.45, 7) is 5.73. The first-order valence-electron chi connectivity index (χ1n) is 6.15. The van der Waals surface area contributed by atoms with Crippen molar-refractivity contribution >= 4 is 5.91 Å². The molecule has 1 aliphatic rings. The van der Waals surface area contributed by atoms with Crippen LogP contribution < -0.4 is 5.32 Å². The molecule has 0 heterocycles. The topological polar surface area (TPSA) is 32.3 Å². The first-order valence-corrected chi connectivity index (χ1v) is 6.15. The number of hydrogen-bond donors (Lipinski definition) is 1. The summed E-state index contributed by atoms with van der Waals surface area (Å²) in [5.74, 6) is 0.425. The third-order valence-corrected chi connectivity index (χ3v) is 3.32. The van der Waals surface area contributed by atoms with E-state index in [0.717, 1.165) is 13.1 Å². The van der Waals surface area contributed by atoms with Crippen LogP contribution in [-0.2, 0) is 4.79 Å². The molecule has 1 saturated carbocycles. The molecule has 0 aromatic rings. The van der Waals surface area contributed by atoms with E-state index in [1.165, 1.54) is 25.7 Å². The zero-order valence-corrected chi connectivity index (χ0v) is 10.3. The molecule has 1 amide bonds. The van der Waals surface area contributed by atoms with Gasteiger partial charge in [-0.3, -0.25) is 4.79 Å². The third-order valence-electron chi connectivity index (χ3n) is 3.32. The number of nitrogens with zero attached hydrogens (tertiary/aromatic N) is 1. The van der Waals surface area contributed by atoms with Crippen LogP contribution in [0.3, 0.4) is 0 Å². The van der Waals surface area contributed by atoms with Crippen LogP contribution in [0.25, 0.3) is 0 Å². The predicted octanol–water partition coefficient (Wildman–Crippen LogP) is 1.63. The Hall–Kier alpha value is -0.570. The summed E-state index contributed by atoms with van der Waals surface area (Å²) in [5.41, 5.74) is 0. The molecule has 0 aromatic heterocycles. The van der Waals surface area contributed by atoms with Crippen LogP contribution in [0, 0.1) is 5.92 Å². The number of rotatable bonds is 5. The molecule has 0 radical (unpaired) electrons. The third kappa shape index (κ3) is 3.20. The average Bonchev–Trinajstić information content (AvgIpc) is 2.72. The highest BCUT2D eigenvalue weighted by Gasteiger charge is 2.27. The fourth-order valence-corrected chi connectivity index (χ4v) is 2.49. The molecule has 3 nitrogen and oxygen atoms in total. The molecular formula is C12H24N2O. The lowest BCUT2D eigenvalue weighted by Gasteiger charge is -2.30. The van der Waals surface area contributed by atoms with E-state index < -0.39 is 0 Å². The van der Waals surface area contributed by atoms with Gasteiger partial charge in [-0.05, 0) is 26.8 Å². The predicted molar refractivity (Wildman–Crippen MR) is 62.7 cm³/mol. The monoisotopic (exact) mass is 212 g/mol. The van der Waals surface area contributed by atoms with E-state index in [-0.39, 0.29) is 5.92 Å². The summed E-state index contributed by atoms with van der Waals surface area (Å²) in [4.78, 5) is 14.2. The Kier molecular flexibility index (Phi) is 5.09. The molecule has 0 saturated heterocycles. The minimum atomic E-state index is 0.107. The number of carbonyl (C=O) groups excluding carboxylic acids is 1. The maximum atomic E-state index is 12.1. The van der Waals surface area contributed by atoms with Crippen LogP contribution in [0.15, 0.2) is 0 Å². The smallest absolute Gasteiger partial charge is 0.226 e. The number of hydrogen-bond acceptors (Lipinski definition) is 2. The second kappa shape index (κ2) is 6.11. The highest BCUT2D eigenvalue weighted by molar-refractivity contribution is 5.79. The Morgan fingerprint density at radius 3 is 2.53 bits per heavy atom. The highest BCUT2D eigenvalue weighted by Crippen LogP contribution is 2.24. The molecule has 1 fully saturated rings. The van der Waals surface area contributed by atoms with Gasteiger partial charge in [0.05, 0.1) is 0 Å². The van der Waals surface area contributed by atoms with Crippen molar-refractivity contribution in [1.82, 2.24) is 10.2 Å². The van der Waals surface area contributed by atoms with Crippen molar-refractivity contribution in [2.24, 2.45) is 5.92 Å². The molecule has 0 aliphatic heterocycles. The van der Waals surface area contributed by atoms with Gasteiger partial charge in [0.25, 0.3) is 0 Å².